The smallest absolute Gasteiger partial charge is 0.254 e. The van der Waals surface area contributed by atoms with Gasteiger partial charge in [0.25, 0.3) is 5.91 Å². The monoisotopic (exact) mass is 305 g/mol. The van der Waals surface area contributed by atoms with Crippen LogP contribution in [-0.2, 0) is 9.84 Å². The number of rotatable bonds is 2. The first kappa shape index (κ1) is 14.3. The van der Waals surface area contributed by atoms with Crippen LogP contribution in [0, 0.1) is 12.7 Å². The molecule has 104 valence electrons. The van der Waals surface area contributed by atoms with E-state index in [-0.39, 0.29) is 17.1 Å². The van der Waals surface area contributed by atoms with Crippen LogP contribution in [0.5, 0.6) is 0 Å². The number of carbonyl (C=O) groups excluding carboxylic acids is 1. The highest BCUT2D eigenvalue weighted by molar-refractivity contribution is 7.91. The fraction of sp³-hybridized carbons (Fsp3) is 0.417. The fourth-order valence-corrected chi connectivity index (χ4v) is 4.56. The van der Waals surface area contributed by atoms with Crippen molar-refractivity contribution < 1.29 is 17.6 Å². The van der Waals surface area contributed by atoms with E-state index in [9.17, 15) is 17.6 Å². The molecule has 1 aromatic carbocycles. The Kier molecular flexibility index (Phi) is 3.82. The van der Waals surface area contributed by atoms with Crippen LogP contribution in [0.2, 0.25) is 0 Å². The maximum atomic E-state index is 13.8. The van der Waals surface area contributed by atoms with E-state index in [1.165, 1.54) is 6.07 Å². The minimum Gasteiger partial charge on any atom is -0.347 e. The van der Waals surface area contributed by atoms with Crippen molar-refractivity contribution >= 4 is 27.3 Å². The van der Waals surface area contributed by atoms with Crippen LogP contribution < -0.4 is 5.32 Å². The van der Waals surface area contributed by atoms with E-state index in [1.807, 2.05) is 0 Å². The third-order valence-corrected chi connectivity index (χ3v) is 5.41. The van der Waals surface area contributed by atoms with Gasteiger partial charge >= 0.3 is 0 Å². The zero-order chi connectivity index (χ0) is 14.2. The van der Waals surface area contributed by atoms with Crippen molar-refractivity contribution in [2.24, 2.45) is 0 Å². The Morgan fingerprint density at radius 2 is 2.11 bits per heavy atom. The lowest BCUT2D eigenvalue weighted by Crippen LogP contribution is -2.41. The number of amides is 1. The zero-order valence-electron chi connectivity index (χ0n) is 10.2. The maximum absolute atomic E-state index is 13.8. The standard InChI is InChI=1S/C12H13ClFNO3S/c1-7-3-2-4-8(11(7)14)12(16)15-10-6-19(17,18)5-9(10)13/h2-4,9-10H,5-6H2,1H3,(H,15,16). The third kappa shape index (κ3) is 3.06. The summed E-state index contributed by atoms with van der Waals surface area (Å²) in [6.07, 6.45) is 0. The van der Waals surface area contributed by atoms with Crippen molar-refractivity contribution in [3.8, 4) is 0 Å². The van der Waals surface area contributed by atoms with E-state index in [0.29, 0.717) is 5.56 Å². The molecule has 0 saturated carbocycles. The molecule has 0 radical (unpaired) electrons. The Morgan fingerprint density at radius 1 is 1.42 bits per heavy atom. The van der Waals surface area contributed by atoms with Crippen molar-refractivity contribution in [3.05, 3.63) is 35.1 Å². The SMILES string of the molecule is Cc1cccc(C(=O)NC2CS(=O)(=O)CC2Cl)c1F. The first-order chi connectivity index (χ1) is 8.80. The molecule has 1 N–H and O–H groups in total. The van der Waals surface area contributed by atoms with Gasteiger partial charge in [0.05, 0.1) is 28.5 Å². The Labute approximate surface area is 115 Å². The number of nitrogens with one attached hydrogen (secondary N) is 1. The molecule has 1 aliphatic heterocycles. The molecule has 0 spiro atoms. The first-order valence-electron chi connectivity index (χ1n) is 5.70. The lowest BCUT2D eigenvalue weighted by atomic mass is 10.1. The molecule has 7 heteroatoms. The molecule has 2 rings (SSSR count). The maximum Gasteiger partial charge on any atom is 0.254 e. The van der Waals surface area contributed by atoms with Crippen LogP contribution in [0.25, 0.3) is 0 Å². The predicted molar refractivity (Wildman–Crippen MR) is 70.7 cm³/mol. The van der Waals surface area contributed by atoms with Gasteiger partial charge in [0.2, 0.25) is 0 Å². The summed E-state index contributed by atoms with van der Waals surface area (Å²) in [6, 6.07) is 3.79. The number of carbonyl (C=O) groups is 1. The van der Waals surface area contributed by atoms with Crippen LogP contribution in [0.3, 0.4) is 0 Å². The molecule has 19 heavy (non-hydrogen) atoms. The Balaban J connectivity index is 2.16. The molecule has 1 amide bonds. The third-order valence-electron chi connectivity index (χ3n) is 3.04. The van der Waals surface area contributed by atoms with E-state index < -0.39 is 33.0 Å². The first-order valence-corrected chi connectivity index (χ1v) is 7.96. The molecule has 1 saturated heterocycles. The normalized spacial score (nSPS) is 25.2. The lowest BCUT2D eigenvalue weighted by molar-refractivity contribution is 0.0937. The minimum absolute atomic E-state index is 0.104. The predicted octanol–water partition coefficient (Wildman–Crippen LogP) is 1.27. The average Bonchev–Trinajstić information content (AvgIpc) is 2.55. The van der Waals surface area contributed by atoms with Gasteiger partial charge in [0.1, 0.15) is 5.82 Å². The number of benzene rings is 1. The van der Waals surface area contributed by atoms with Gasteiger partial charge < -0.3 is 5.32 Å². The van der Waals surface area contributed by atoms with Gasteiger partial charge in [-0.15, -0.1) is 11.6 Å². The molecule has 0 bridgehead atoms. The highest BCUT2D eigenvalue weighted by Gasteiger charge is 2.37. The summed E-state index contributed by atoms with van der Waals surface area (Å²) in [5.41, 5.74) is 0.252. The van der Waals surface area contributed by atoms with Gasteiger partial charge in [0.15, 0.2) is 9.84 Å². The van der Waals surface area contributed by atoms with E-state index in [0.717, 1.165) is 0 Å². The average molecular weight is 306 g/mol. The number of aryl methyl sites for hydroxylation is 1. The quantitative estimate of drug-likeness (QED) is 0.837. The van der Waals surface area contributed by atoms with Crippen LogP contribution >= 0.6 is 11.6 Å². The molecular formula is C12H13ClFNO3S. The summed E-state index contributed by atoms with van der Waals surface area (Å²) in [7, 11) is -3.23. The van der Waals surface area contributed by atoms with Crippen molar-refractivity contribution in [1.82, 2.24) is 5.32 Å². The van der Waals surface area contributed by atoms with E-state index in [2.05, 4.69) is 5.32 Å². The Hall–Kier alpha value is -1.14. The molecule has 1 aromatic rings. The number of sulfone groups is 1. The highest BCUT2D eigenvalue weighted by atomic mass is 35.5. The van der Waals surface area contributed by atoms with Gasteiger partial charge in [0, 0.05) is 0 Å². The molecule has 0 aliphatic carbocycles. The summed E-state index contributed by atoms with van der Waals surface area (Å²) >= 11 is 5.88. The molecule has 2 unspecified atom stereocenters. The van der Waals surface area contributed by atoms with E-state index >= 15 is 0 Å². The molecule has 4 nitrogen and oxygen atoms in total. The number of halogens is 2. The topological polar surface area (TPSA) is 63.2 Å². The van der Waals surface area contributed by atoms with E-state index in [1.54, 1.807) is 19.1 Å². The van der Waals surface area contributed by atoms with Crippen LogP contribution in [0.1, 0.15) is 15.9 Å². The zero-order valence-corrected chi connectivity index (χ0v) is 11.8. The summed E-state index contributed by atoms with van der Waals surface area (Å²) in [5, 5.41) is 1.80. The van der Waals surface area contributed by atoms with Gasteiger partial charge in [-0.1, -0.05) is 12.1 Å². The number of alkyl halides is 1. The summed E-state index contributed by atoms with van der Waals surface area (Å²) in [4.78, 5) is 11.9. The fourth-order valence-electron chi connectivity index (χ4n) is 2.01. The second-order valence-electron chi connectivity index (χ2n) is 4.61. The van der Waals surface area contributed by atoms with Gasteiger partial charge in [-0.25, -0.2) is 12.8 Å². The van der Waals surface area contributed by atoms with Crippen molar-refractivity contribution in [3.63, 3.8) is 0 Å². The van der Waals surface area contributed by atoms with Gasteiger partial charge in [-0.05, 0) is 18.6 Å². The molecule has 0 aromatic heterocycles. The minimum atomic E-state index is -3.23. The molecular weight excluding hydrogens is 293 g/mol. The summed E-state index contributed by atoms with van der Waals surface area (Å²) in [5.74, 6) is -1.63. The molecule has 1 aliphatic rings. The number of hydrogen-bond acceptors (Lipinski definition) is 3. The summed E-state index contributed by atoms with van der Waals surface area (Å²) in [6.45, 7) is 1.55. The highest BCUT2D eigenvalue weighted by Crippen LogP contribution is 2.19. The number of hydrogen-bond donors (Lipinski definition) is 1. The summed E-state index contributed by atoms with van der Waals surface area (Å²) < 4.78 is 36.5. The van der Waals surface area contributed by atoms with Crippen molar-refractivity contribution in [2.75, 3.05) is 11.5 Å². The van der Waals surface area contributed by atoms with Crippen molar-refractivity contribution in [1.29, 1.82) is 0 Å². The molecule has 1 heterocycles. The largest absolute Gasteiger partial charge is 0.347 e. The van der Waals surface area contributed by atoms with Crippen LogP contribution in [-0.4, -0.2) is 37.2 Å². The Bertz CT molecular complexity index is 617. The second-order valence-corrected chi connectivity index (χ2v) is 7.32. The lowest BCUT2D eigenvalue weighted by Gasteiger charge is -2.15. The van der Waals surface area contributed by atoms with Crippen LogP contribution in [0.15, 0.2) is 18.2 Å². The van der Waals surface area contributed by atoms with Gasteiger partial charge in [-0.3, -0.25) is 4.79 Å². The molecule has 1 fully saturated rings. The van der Waals surface area contributed by atoms with E-state index in [4.69, 9.17) is 11.6 Å². The van der Waals surface area contributed by atoms with Crippen LogP contribution in [0.4, 0.5) is 4.39 Å². The Morgan fingerprint density at radius 3 is 2.68 bits per heavy atom. The van der Waals surface area contributed by atoms with Crippen molar-refractivity contribution in [2.45, 2.75) is 18.3 Å². The molecule has 2 atom stereocenters. The second kappa shape index (κ2) is 5.09. The van der Waals surface area contributed by atoms with Gasteiger partial charge in [-0.2, -0.15) is 0 Å².